The molecule has 124 valence electrons. The highest BCUT2D eigenvalue weighted by Gasteiger charge is 2.18. The summed E-state index contributed by atoms with van der Waals surface area (Å²) in [5.74, 6) is -0.0344. The van der Waals surface area contributed by atoms with Gasteiger partial charge in [-0.3, -0.25) is 4.79 Å². The molecule has 6 nitrogen and oxygen atoms in total. The molecule has 0 amide bonds. The largest absolute Gasteiger partial charge is 0.478 e. The third-order valence-corrected chi connectivity index (χ3v) is 3.95. The van der Waals surface area contributed by atoms with E-state index in [4.69, 9.17) is 9.15 Å². The lowest BCUT2D eigenvalue weighted by molar-refractivity contribution is 0.101. The van der Waals surface area contributed by atoms with Crippen LogP contribution in [0.15, 0.2) is 52.2 Å². The standard InChI is InChI=1S/C16H14FN3O3S/c1-10(22-14-7-3-2-5-11(14)17)15-19-20-16(23-15)24-9-13(21)12-6-4-8-18-12/h2-8,10,18H,9H2,1H3/t10-/m1/s1. The third-order valence-electron chi connectivity index (χ3n) is 3.14. The fourth-order valence-corrected chi connectivity index (χ4v) is 2.59. The first-order valence-corrected chi connectivity index (χ1v) is 8.16. The molecule has 0 aliphatic heterocycles. The number of Topliss-reactive ketones (excluding diaryl/α,β-unsaturated/α-hetero) is 1. The predicted octanol–water partition coefficient (Wildman–Crippen LogP) is 3.65. The molecular weight excluding hydrogens is 333 g/mol. The highest BCUT2D eigenvalue weighted by molar-refractivity contribution is 7.99. The van der Waals surface area contributed by atoms with Gasteiger partial charge in [-0.05, 0) is 31.2 Å². The van der Waals surface area contributed by atoms with E-state index in [-0.39, 0.29) is 28.4 Å². The molecule has 1 atom stereocenters. The van der Waals surface area contributed by atoms with Crippen molar-refractivity contribution in [1.29, 1.82) is 0 Å². The normalized spacial score (nSPS) is 12.1. The Morgan fingerprint density at radius 3 is 2.92 bits per heavy atom. The van der Waals surface area contributed by atoms with Crippen LogP contribution >= 0.6 is 11.8 Å². The summed E-state index contributed by atoms with van der Waals surface area (Å²) in [5.41, 5.74) is 0.526. The van der Waals surface area contributed by atoms with Gasteiger partial charge in [-0.2, -0.15) is 0 Å². The van der Waals surface area contributed by atoms with E-state index in [2.05, 4.69) is 15.2 Å². The van der Waals surface area contributed by atoms with Crippen LogP contribution in [0.5, 0.6) is 5.75 Å². The maximum absolute atomic E-state index is 13.6. The number of carbonyl (C=O) groups excluding carboxylic acids is 1. The van der Waals surface area contributed by atoms with E-state index >= 15 is 0 Å². The smallest absolute Gasteiger partial charge is 0.277 e. The zero-order valence-electron chi connectivity index (χ0n) is 12.7. The summed E-state index contributed by atoms with van der Waals surface area (Å²) in [6.45, 7) is 1.68. The number of aromatic nitrogens is 3. The van der Waals surface area contributed by atoms with E-state index in [0.29, 0.717) is 5.69 Å². The third kappa shape index (κ3) is 3.83. The molecule has 0 aliphatic carbocycles. The molecular formula is C16H14FN3O3S. The van der Waals surface area contributed by atoms with Crippen molar-refractivity contribution in [2.75, 3.05) is 5.75 Å². The fourth-order valence-electron chi connectivity index (χ4n) is 1.93. The maximum Gasteiger partial charge on any atom is 0.277 e. The number of rotatable bonds is 7. The lowest BCUT2D eigenvalue weighted by Gasteiger charge is -2.11. The number of nitrogens with one attached hydrogen (secondary N) is 1. The SMILES string of the molecule is C[C@@H](Oc1ccccc1F)c1nnc(SCC(=O)c2ccc[nH]2)o1. The number of carbonyl (C=O) groups is 1. The number of para-hydroxylation sites is 1. The van der Waals surface area contributed by atoms with E-state index in [1.54, 1.807) is 37.4 Å². The number of thioether (sulfide) groups is 1. The van der Waals surface area contributed by atoms with Gasteiger partial charge in [0.25, 0.3) is 11.1 Å². The molecule has 2 aromatic heterocycles. The number of hydrogen-bond acceptors (Lipinski definition) is 6. The van der Waals surface area contributed by atoms with Gasteiger partial charge in [0.15, 0.2) is 23.5 Å². The summed E-state index contributed by atoms with van der Waals surface area (Å²) in [6, 6.07) is 9.54. The van der Waals surface area contributed by atoms with Crippen molar-refractivity contribution < 1.29 is 18.3 Å². The summed E-state index contributed by atoms with van der Waals surface area (Å²) < 4.78 is 24.5. The zero-order valence-corrected chi connectivity index (χ0v) is 13.5. The Labute approximate surface area is 141 Å². The van der Waals surface area contributed by atoms with E-state index in [0.717, 1.165) is 11.8 Å². The Hall–Kier alpha value is -2.61. The van der Waals surface area contributed by atoms with Crippen molar-refractivity contribution >= 4 is 17.5 Å². The number of aromatic amines is 1. The second-order valence-corrected chi connectivity index (χ2v) is 5.82. The van der Waals surface area contributed by atoms with E-state index in [9.17, 15) is 9.18 Å². The van der Waals surface area contributed by atoms with Gasteiger partial charge in [0, 0.05) is 6.20 Å². The summed E-state index contributed by atoms with van der Waals surface area (Å²) >= 11 is 1.14. The minimum atomic E-state index is -0.608. The number of H-pyrrole nitrogens is 1. The van der Waals surface area contributed by atoms with Crippen LogP contribution in [0, 0.1) is 5.82 Å². The number of nitrogens with zero attached hydrogens (tertiary/aromatic N) is 2. The number of halogens is 1. The minimum absolute atomic E-state index is 0.0691. The van der Waals surface area contributed by atoms with Gasteiger partial charge >= 0.3 is 0 Å². The molecule has 3 aromatic rings. The Morgan fingerprint density at radius 1 is 1.33 bits per heavy atom. The molecule has 0 saturated heterocycles. The van der Waals surface area contributed by atoms with E-state index in [1.807, 2.05) is 0 Å². The van der Waals surface area contributed by atoms with Gasteiger partial charge in [0.2, 0.25) is 0 Å². The summed E-state index contributed by atoms with van der Waals surface area (Å²) in [5, 5.41) is 8.00. The second-order valence-electron chi connectivity index (χ2n) is 4.89. The number of hydrogen-bond donors (Lipinski definition) is 1. The van der Waals surface area contributed by atoms with Gasteiger partial charge < -0.3 is 14.1 Å². The minimum Gasteiger partial charge on any atom is -0.478 e. The summed E-state index contributed by atoms with van der Waals surface area (Å²) in [4.78, 5) is 14.7. The van der Waals surface area contributed by atoms with Crippen molar-refractivity contribution in [1.82, 2.24) is 15.2 Å². The van der Waals surface area contributed by atoms with Gasteiger partial charge in [0.1, 0.15) is 0 Å². The van der Waals surface area contributed by atoms with Crippen LogP contribution in [0.3, 0.4) is 0 Å². The monoisotopic (exact) mass is 347 g/mol. The zero-order chi connectivity index (χ0) is 16.9. The van der Waals surface area contributed by atoms with E-state index < -0.39 is 11.9 Å². The van der Waals surface area contributed by atoms with Gasteiger partial charge in [-0.15, -0.1) is 10.2 Å². The van der Waals surface area contributed by atoms with Crippen LogP contribution in [-0.2, 0) is 0 Å². The van der Waals surface area contributed by atoms with Crippen LogP contribution in [0.25, 0.3) is 0 Å². The molecule has 2 heterocycles. The van der Waals surface area contributed by atoms with Gasteiger partial charge in [-0.25, -0.2) is 4.39 Å². The van der Waals surface area contributed by atoms with Gasteiger partial charge in [0.05, 0.1) is 11.4 Å². The van der Waals surface area contributed by atoms with Gasteiger partial charge in [-0.1, -0.05) is 23.9 Å². The molecule has 0 unspecified atom stereocenters. The average molecular weight is 347 g/mol. The predicted molar refractivity (Wildman–Crippen MR) is 85.6 cm³/mol. The Bertz CT molecular complexity index is 820. The number of ketones is 1. The lowest BCUT2D eigenvalue weighted by atomic mass is 10.3. The van der Waals surface area contributed by atoms with E-state index in [1.165, 1.54) is 12.1 Å². The molecule has 0 aliphatic rings. The molecule has 0 fully saturated rings. The maximum atomic E-state index is 13.6. The Morgan fingerprint density at radius 2 is 2.17 bits per heavy atom. The topological polar surface area (TPSA) is 81.0 Å². The molecule has 0 saturated carbocycles. The molecule has 0 spiro atoms. The highest BCUT2D eigenvalue weighted by Crippen LogP contribution is 2.25. The quantitative estimate of drug-likeness (QED) is 0.519. The van der Waals surface area contributed by atoms with Crippen LogP contribution in [-0.4, -0.2) is 26.7 Å². The first-order valence-electron chi connectivity index (χ1n) is 7.17. The van der Waals surface area contributed by atoms with Crippen LogP contribution in [0.2, 0.25) is 0 Å². The van der Waals surface area contributed by atoms with Crippen molar-refractivity contribution in [3.05, 3.63) is 60.0 Å². The Kier molecular flexibility index (Phi) is 4.95. The fraction of sp³-hybridized carbons (Fsp3) is 0.188. The molecule has 8 heteroatoms. The molecule has 0 bridgehead atoms. The summed E-state index contributed by atoms with van der Waals surface area (Å²) in [7, 11) is 0. The van der Waals surface area contributed by atoms with Crippen LogP contribution in [0.4, 0.5) is 4.39 Å². The average Bonchev–Trinajstić information content (AvgIpc) is 3.26. The molecule has 24 heavy (non-hydrogen) atoms. The highest BCUT2D eigenvalue weighted by atomic mass is 32.2. The van der Waals surface area contributed by atoms with Crippen molar-refractivity contribution in [3.8, 4) is 5.75 Å². The summed E-state index contributed by atoms with van der Waals surface area (Å²) in [6.07, 6.45) is 1.08. The first-order chi connectivity index (χ1) is 11.6. The van der Waals surface area contributed by atoms with Crippen molar-refractivity contribution in [2.24, 2.45) is 0 Å². The molecule has 0 radical (unpaired) electrons. The lowest BCUT2D eigenvalue weighted by Crippen LogP contribution is -2.04. The van der Waals surface area contributed by atoms with Crippen molar-refractivity contribution in [3.63, 3.8) is 0 Å². The molecule has 1 N–H and O–H groups in total. The van der Waals surface area contributed by atoms with Crippen molar-refractivity contribution in [2.45, 2.75) is 18.3 Å². The molecule has 3 rings (SSSR count). The number of benzene rings is 1. The molecule has 1 aromatic carbocycles. The van der Waals surface area contributed by atoms with Crippen LogP contribution in [0.1, 0.15) is 29.4 Å². The number of ether oxygens (including phenoxy) is 1. The Balaban J connectivity index is 1.58. The van der Waals surface area contributed by atoms with Crippen LogP contribution < -0.4 is 4.74 Å². The first kappa shape index (κ1) is 16.3. The second kappa shape index (κ2) is 7.31.